The molecular formula is C13H21NO3S. The summed E-state index contributed by atoms with van der Waals surface area (Å²) in [6, 6.07) is 7.67. The highest BCUT2D eigenvalue weighted by molar-refractivity contribution is 7.89. The fourth-order valence-electron chi connectivity index (χ4n) is 1.65. The molecule has 0 aliphatic heterocycles. The molecule has 1 rings (SSSR count). The van der Waals surface area contributed by atoms with Crippen LogP contribution in [0.15, 0.2) is 24.3 Å². The van der Waals surface area contributed by atoms with Gasteiger partial charge in [0.05, 0.1) is 12.4 Å². The highest BCUT2D eigenvalue weighted by atomic mass is 32.2. The Bertz CT molecular complexity index is 483. The molecule has 0 fully saturated rings. The number of hydrogen-bond acceptors (Lipinski definition) is 3. The van der Waals surface area contributed by atoms with Crippen LogP contribution in [0.2, 0.25) is 0 Å². The lowest BCUT2D eigenvalue weighted by molar-refractivity contribution is 0.223. The second-order valence-corrected chi connectivity index (χ2v) is 6.57. The van der Waals surface area contributed by atoms with E-state index < -0.39 is 10.0 Å². The SMILES string of the molecule is Cc1ccccc1OCC(CS(N)(=O)=O)C(C)C. The van der Waals surface area contributed by atoms with Gasteiger partial charge in [-0.3, -0.25) is 0 Å². The van der Waals surface area contributed by atoms with Gasteiger partial charge in [0.25, 0.3) is 0 Å². The van der Waals surface area contributed by atoms with Crippen LogP contribution >= 0.6 is 0 Å². The highest BCUT2D eigenvalue weighted by Gasteiger charge is 2.20. The lowest BCUT2D eigenvalue weighted by atomic mass is 9.99. The number of benzene rings is 1. The fourth-order valence-corrected chi connectivity index (χ4v) is 2.72. The van der Waals surface area contributed by atoms with E-state index in [0.29, 0.717) is 6.61 Å². The molecule has 1 unspecified atom stereocenters. The molecule has 0 heterocycles. The Morgan fingerprint density at radius 3 is 2.39 bits per heavy atom. The van der Waals surface area contributed by atoms with Crippen LogP contribution in [0.25, 0.3) is 0 Å². The van der Waals surface area contributed by atoms with Gasteiger partial charge in [-0.25, -0.2) is 13.6 Å². The number of nitrogens with two attached hydrogens (primary N) is 1. The molecule has 1 atom stereocenters. The summed E-state index contributed by atoms with van der Waals surface area (Å²) in [6.45, 7) is 6.26. The van der Waals surface area contributed by atoms with Crippen molar-refractivity contribution in [3.63, 3.8) is 0 Å². The third kappa shape index (κ3) is 5.06. The molecule has 0 aromatic heterocycles. The molecule has 0 saturated carbocycles. The van der Waals surface area contributed by atoms with Crippen LogP contribution in [0.4, 0.5) is 0 Å². The third-order valence-electron chi connectivity index (χ3n) is 2.94. The zero-order chi connectivity index (χ0) is 13.8. The van der Waals surface area contributed by atoms with Gasteiger partial charge in [0.1, 0.15) is 5.75 Å². The van der Waals surface area contributed by atoms with Crippen molar-refractivity contribution in [3.05, 3.63) is 29.8 Å². The summed E-state index contributed by atoms with van der Waals surface area (Å²) in [5, 5.41) is 5.09. The summed E-state index contributed by atoms with van der Waals surface area (Å²) in [6.07, 6.45) is 0. The molecule has 0 aliphatic rings. The maximum absolute atomic E-state index is 11.1. The Balaban J connectivity index is 2.66. The number of primary sulfonamides is 1. The molecule has 2 N–H and O–H groups in total. The van der Waals surface area contributed by atoms with E-state index in [1.54, 1.807) is 0 Å². The molecule has 1 aromatic carbocycles. The zero-order valence-corrected chi connectivity index (χ0v) is 11.9. The minimum atomic E-state index is -3.46. The number of rotatable bonds is 6. The highest BCUT2D eigenvalue weighted by Crippen LogP contribution is 2.19. The predicted molar refractivity (Wildman–Crippen MR) is 73.0 cm³/mol. The molecule has 1 aromatic rings. The molecule has 0 bridgehead atoms. The van der Waals surface area contributed by atoms with Crippen LogP contribution < -0.4 is 9.88 Å². The first-order valence-corrected chi connectivity index (χ1v) is 7.70. The first-order chi connectivity index (χ1) is 8.29. The minimum Gasteiger partial charge on any atom is -0.493 e. The smallest absolute Gasteiger partial charge is 0.209 e. The van der Waals surface area contributed by atoms with E-state index in [2.05, 4.69) is 0 Å². The molecular weight excluding hydrogens is 250 g/mol. The fraction of sp³-hybridized carbons (Fsp3) is 0.538. The van der Waals surface area contributed by atoms with E-state index in [-0.39, 0.29) is 17.6 Å². The van der Waals surface area contributed by atoms with E-state index in [4.69, 9.17) is 9.88 Å². The number of para-hydroxylation sites is 1. The van der Waals surface area contributed by atoms with Crippen LogP contribution in [0.5, 0.6) is 5.75 Å². The lowest BCUT2D eigenvalue weighted by Crippen LogP contribution is -2.30. The largest absolute Gasteiger partial charge is 0.493 e. The van der Waals surface area contributed by atoms with Crippen molar-refractivity contribution < 1.29 is 13.2 Å². The van der Waals surface area contributed by atoms with Gasteiger partial charge in [0, 0.05) is 5.92 Å². The predicted octanol–water partition coefficient (Wildman–Crippen LogP) is 1.93. The average molecular weight is 271 g/mol. The van der Waals surface area contributed by atoms with Gasteiger partial charge in [-0.2, -0.15) is 0 Å². The standard InChI is InChI=1S/C13H21NO3S/c1-10(2)12(9-18(14,15)16)8-17-13-7-5-4-6-11(13)3/h4-7,10,12H,8-9H2,1-3H3,(H2,14,15,16). The quantitative estimate of drug-likeness (QED) is 0.859. The van der Waals surface area contributed by atoms with E-state index in [1.807, 2.05) is 45.0 Å². The van der Waals surface area contributed by atoms with Crippen LogP contribution in [0.1, 0.15) is 19.4 Å². The van der Waals surface area contributed by atoms with Crippen molar-refractivity contribution in [2.24, 2.45) is 17.0 Å². The zero-order valence-electron chi connectivity index (χ0n) is 11.1. The molecule has 4 nitrogen and oxygen atoms in total. The summed E-state index contributed by atoms with van der Waals surface area (Å²) in [7, 11) is -3.46. The van der Waals surface area contributed by atoms with Crippen molar-refractivity contribution in [2.45, 2.75) is 20.8 Å². The van der Waals surface area contributed by atoms with Crippen molar-refractivity contribution in [3.8, 4) is 5.75 Å². The van der Waals surface area contributed by atoms with Gasteiger partial charge in [-0.05, 0) is 24.5 Å². The molecule has 0 aliphatic carbocycles. The van der Waals surface area contributed by atoms with E-state index in [9.17, 15) is 8.42 Å². The van der Waals surface area contributed by atoms with E-state index >= 15 is 0 Å². The second-order valence-electron chi connectivity index (χ2n) is 4.91. The van der Waals surface area contributed by atoms with Gasteiger partial charge in [-0.15, -0.1) is 0 Å². The summed E-state index contributed by atoms with van der Waals surface area (Å²) in [5.74, 6) is 0.848. The molecule has 102 valence electrons. The Morgan fingerprint density at radius 1 is 1.28 bits per heavy atom. The minimum absolute atomic E-state index is 0.0451. The number of aryl methyl sites for hydroxylation is 1. The Morgan fingerprint density at radius 2 is 1.89 bits per heavy atom. The molecule has 0 amide bonds. The first-order valence-electron chi connectivity index (χ1n) is 5.98. The van der Waals surface area contributed by atoms with Crippen molar-refractivity contribution in [2.75, 3.05) is 12.4 Å². The van der Waals surface area contributed by atoms with E-state index in [0.717, 1.165) is 11.3 Å². The Labute approximate surface area is 109 Å². The topological polar surface area (TPSA) is 69.4 Å². The van der Waals surface area contributed by atoms with E-state index in [1.165, 1.54) is 0 Å². The maximum Gasteiger partial charge on any atom is 0.209 e. The van der Waals surface area contributed by atoms with Crippen LogP contribution in [-0.4, -0.2) is 20.8 Å². The van der Waals surface area contributed by atoms with Crippen molar-refractivity contribution >= 4 is 10.0 Å². The summed E-state index contributed by atoms with van der Waals surface area (Å²) in [4.78, 5) is 0. The monoisotopic (exact) mass is 271 g/mol. The Hall–Kier alpha value is -1.07. The molecule has 18 heavy (non-hydrogen) atoms. The average Bonchev–Trinajstić information content (AvgIpc) is 2.24. The van der Waals surface area contributed by atoms with Crippen LogP contribution in [0, 0.1) is 18.8 Å². The van der Waals surface area contributed by atoms with Gasteiger partial charge in [0.15, 0.2) is 0 Å². The van der Waals surface area contributed by atoms with Crippen molar-refractivity contribution in [1.29, 1.82) is 0 Å². The summed E-state index contributed by atoms with van der Waals surface area (Å²) < 4.78 is 28.0. The van der Waals surface area contributed by atoms with Crippen molar-refractivity contribution in [1.82, 2.24) is 0 Å². The van der Waals surface area contributed by atoms with Gasteiger partial charge >= 0.3 is 0 Å². The van der Waals surface area contributed by atoms with Crippen LogP contribution in [0.3, 0.4) is 0 Å². The van der Waals surface area contributed by atoms with Gasteiger partial charge in [-0.1, -0.05) is 32.0 Å². The number of ether oxygens (including phenoxy) is 1. The van der Waals surface area contributed by atoms with Gasteiger partial charge < -0.3 is 4.74 Å². The summed E-state index contributed by atoms with van der Waals surface area (Å²) >= 11 is 0. The number of sulfonamides is 1. The van der Waals surface area contributed by atoms with Crippen LogP contribution in [-0.2, 0) is 10.0 Å². The Kier molecular flexibility index (Phi) is 5.16. The maximum atomic E-state index is 11.1. The molecule has 0 radical (unpaired) electrons. The second kappa shape index (κ2) is 6.20. The first kappa shape index (κ1) is 15.0. The summed E-state index contributed by atoms with van der Waals surface area (Å²) in [5.41, 5.74) is 1.04. The molecule has 0 saturated heterocycles. The third-order valence-corrected chi connectivity index (χ3v) is 3.83. The van der Waals surface area contributed by atoms with Gasteiger partial charge in [0.2, 0.25) is 10.0 Å². The normalized spacial score (nSPS) is 13.6. The molecule has 0 spiro atoms. The molecule has 5 heteroatoms. The number of hydrogen-bond donors (Lipinski definition) is 1. The lowest BCUT2D eigenvalue weighted by Gasteiger charge is -2.20.